The van der Waals surface area contributed by atoms with Crippen molar-refractivity contribution in [1.82, 2.24) is 20.4 Å². The SMILES string of the molecule is CCC(CCNC)NC(=O)N1CCN(Cc2cc(C(F)(F)F)cc(C(F)(F)F)c2)CC1c1ccccc1. The molecule has 1 saturated heterocycles. The molecular weight excluding hydrogens is 498 g/mol. The van der Waals surface area contributed by atoms with E-state index < -0.39 is 29.5 Å². The first-order valence-corrected chi connectivity index (χ1v) is 12.2. The zero-order chi connectivity index (χ0) is 27.2. The van der Waals surface area contributed by atoms with E-state index in [-0.39, 0.29) is 43.3 Å². The van der Waals surface area contributed by atoms with Crippen LogP contribution in [0.5, 0.6) is 0 Å². The van der Waals surface area contributed by atoms with Crippen LogP contribution in [0, 0.1) is 0 Å². The first kappa shape index (κ1) is 28.8. The molecule has 2 aromatic carbocycles. The molecule has 0 aromatic heterocycles. The number of nitrogens with one attached hydrogen (secondary N) is 2. The number of hydrogen-bond acceptors (Lipinski definition) is 3. The summed E-state index contributed by atoms with van der Waals surface area (Å²) in [4.78, 5) is 16.7. The first-order valence-electron chi connectivity index (χ1n) is 12.2. The Balaban J connectivity index is 1.83. The molecule has 5 nitrogen and oxygen atoms in total. The van der Waals surface area contributed by atoms with E-state index >= 15 is 0 Å². The van der Waals surface area contributed by atoms with Crippen LogP contribution in [0.4, 0.5) is 31.1 Å². The van der Waals surface area contributed by atoms with Crippen LogP contribution in [0.15, 0.2) is 48.5 Å². The fraction of sp³-hybridized carbons (Fsp3) is 0.500. The van der Waals surface area contributed by atoms with E-state index in [9.17, 15) is 31.1 Å². The molecule has 2 N–H and O–H groups in total. The molecule has 2 unspecified atom stereocenters. The van der Waals surface area contributed by atoms with Crippen molar-refractivity contribution in [2.24, 2.45) is 0 Å². The van der Waals surface area contributed by atoms with Gasteiger partial charge in [-0.15, -0.1) is 0 Å². The monoisotopic (exact) mass is 530 g/mol. The van der Waals surface area contributed by atoms with Crippen LogP contribution in [0.25, 0.3) is 0 Å². The number of urea groups is 1. The van der Waals surface area contributed by atoms with Crippen molar-refractivity contribution in [2.75, 3.05) is 33.2 Å². The van der Waals surface area contributed by atoms with Crippen molar-refractivity contribution in [3.8, 4) is 0 Å². The molecule has 3 rings (SSSR count). The maximum absolute atomic E-state index is 13.3. The van der Waals surface area contributed by atoms with Gasteiger partial charge in [0.2, 0.25) is 0 Å². The van der Waals surface area contributed by atoms with Gasteiger partial charge in [-0.2, -0.15) is 26.3 Å². The molecule has 1 aliphatic heterocycles. The molecule has 1 heterocycles. The van der Waals surface area contributed by atoms with E-state index in [1.165, 1.54) is 0 Å². The Hall–Kier alpha value is -2.79. The first-order chi connectivity index (χ1) is 17.4. The molecular formula is C26H32F6N4O. The maximum Gasteiger partial charge on any atom is 0.416 e. The fourth-order valence-electron chi connectivity index (χ4n) is 4.51. The Morgan fingerprint density at radius 2 is 1.62 bits per heavy atom. The molecule has 37 heavy (non-hydrogen) atoms. The molecule has 2 aromatic rings. The summed E-state index contributed by atoms with van der Waals surface area (Å²) in [5.74, 6) is 0. The Morgan fingerprint density at radius 1 is 1.00 bits per heavy atom. The van der Waals surface area contributed by atoms with Gasteiger partial charge in [0.15, 0.2) is 0 Å². The maximum atomic E-state index is 13.3. The van der Waals surface area contributed by atoms with Crippen LogP contribution in [0.3, 0.4) is 0 Å². The van der Waals surface area contributed by atoms with Crippen LogP contribution in [0.1, 0.15) is 48.1 Å². The zero-order valence-electron chi connectivity index (χ0n) is 20.8. The van der Waals surface area contributed by atoms with E-state index in [4.69, 9.17) is 0 Å². The molecule has 2 atom stereocenters. The van der Waals surface area contributed by atoms with Gasteiger partial charge in [0.25, 0.3) is 0 Å². The van der Waals surface area contributed by atoms with Crippen LogP contribution < -0.4 is 10.6 Å². The summed E-state index contributed by atoms with van der Waals surface area (Å²) in [6, 6.07) is 10.2. The quantitative estimate of drug-likeness (QED) is 0.432. The number of carbonyl (C=O) groups is 1. The molecule has 11 heteroatoms. The second-order valence-electron chi connectivity index (χ2n) is 9.22. The normalized spacial score (nSPS) is 18.1. The predicted molar refractivity (Wildman–Crippen MR) is 129 cm³/mol. The Bertz CT molecular complexity index is 996. The summed E-state index contributed by atoms with van der Waals surface area (Å²) in [6.07, 6.45) is -8.29. The Labute approximate surface area is 212 Å². The number of piperazine rings is 1. The van der Waals surface area contributed by atoms with Crippen LogP contribution >= 0.6 is 0 Å². The van der Waals surface area contributed by atoms with Gasteiger partial charge < -0.3 is 15.5 Å². The van der Waals surface area contributed by atoms with Crippen molar-refractivity contribution >= 4 is 6.03 Å². The minimum atomic E-state index is -4.90. The van der Waals surface area contributed by atoms with Gasteiger partial charge in [0.1, 0.15) is 0 Å². The zero-order valence-corrected chi connectivity index (χ0v) is 20.8. The lowest BCUT2D eigenvalue weighted by atomic mass is 10.0. The molecule has 0 bridgehead atoms. The lowest BCUT2D eigenvalue weighted by Gasteiger charge is -2.42. The van der Waals surface area contributed by atoms with E-state index in [1.54, 1.807) is 9.80 Å². The molecule has 204 valence electrons. The molecule has 0 aliphatic carbocycles. The number of nitrogens with zero attached hydrogens (tertiary/aromatic N) is 2. The van der Waals surface area contributed by atoms with Crippen molar-refractivity contribution in [3.63, 3.8) is 0 Å². The van der Waals surface area contributed by atoms with Crippen molar-refractivity contribution < 1.29 is 31.1 Å². The van der Waals surface area contributed by atoms with Gasteiger partial charge in [0.05, 0.1) is 17.2 Å². The summed E-state index contributed by atoms with van der Waals surface area (Å²) in [7, 11) is 1.83. The number of rotatable bonds is 8. The topological polar surface area (TPSA) is 47.6 Å². The number of amides is 2. The fourth-order valence-corrected chi connectivity index (χ4v) is 4.51. The van der Waals surface area contributed by atoms with Gasteiger partial charge in [0, 0.05) is 32.2 Å². The third-order valence-electron chi connectivity index (χ3n) is 6.53. The highest BCUT2D eigenvalue weighted by Crippen LogP contribution is 2.37. The van der Waals surface area contributed by atoms with E-state index in [2.05, 4.69) is 10.6 Å². The smallest absolute Gasteiger partial charge is 0.335 e. The van der Waals surface area contributed by atoms with Crippen LogP contribution in [-0.2, 0) is 18.9 Å². The Morgan fingerprint density at radius 3 is 2.16 bits per heavy atom. The minimum Gasteiger partial charge on any atom is -0.335 e. The third-order valence-corrected chi connectivity index (χ3v) is 6.53. The van der Waals surface area contributed by atoms with E-state index in [0.717, 1.165) is 37.1 Å². The number of halogens is 6. The highest BCUT2D eigenvalue weighted by Gasteiger charge is 2.38. The van der Waals surface area contributed by atoms with Crippen molar-refractivity contribution in [2.45, 2.75) is 50.7 Å². The number of benzene rings is 2. The van der Waals surface area contributed by atoms with Crippen molar-refractivity contribution in [1.29, 1.82) is 0 Å². The predicted octanol–water partition coefficient (Wildman–Crippen LogP) is 5.68. The molecule has 0 radical (unpaired) electrons. The number of alkyl halides is 6. The van der Waals surface area contributed by atoms with Crippen LogP contribution in [0.2, 0.25) is 0 Å². The van der Waals surface area contributed by atoms with Gasteiger partial charge >= 0.3 is 18.4 Å². The van der Waals surface area contributed by atoms with E-state index in [1.807, 2.05) is 44.3 Å². The average Bonchev–Trinajstić information content (AvgIpc) is 2.85. The second-order valence-corrected chi connectivity index (χ2v) is 9.22. The molecule has 0 saturated carbocycles. The summed E-state index contributed by atoms with van der Waals surface area (Å²) >= 11 is 0. The molecule has 0 spiro atoms. The summed E-state index contributed by atoms with van der Waals surface area (Å²) in [5, 5.41) is 6.13. The number of carbonyl (C=O) groups excluding carboxylic acids is 1. The lowest BCUT2D eigenvalue weighted by Crippen LogP contribution is -2.54. The van der Waals surface area contributed by atoms with Gasteiger partial charge in [-0.1, -0.05) is 37.3 Å². The summed E-state index contributed by atoms with van der Waals surface area (Å²) in [6.45, 7) is 3.47. The minimum absolute atomic E-state index is 0.0275. The second kappa shape index (κ2) is 12.2. The lowest BCUT2D eigenvalue weighted by molar-refractivity contribution is -0.143. The average molecular weight is 531 g/mol. The van der Waals surface area contributed by atoms with Crippen LogP contribution in [-0.4, -0.2) is 55.1 Å². The molecule has 1 fully saturated rings. The summed E-state index contributed by atoms with van der Waals surface area (Å²) in [5.41, 5.74) is -1.90. The standard InChI is InChI=1S/C26H32F6N4O/c1-3-22(9-10-33-2)34-24(37)36-12-11-35(17-23(36)19-7-5-4-6-8-19)16-18-13-20(25(27,28)29)15-21(14-18)26(30,31)32/h4-8,13-15,22-23,33H,3,9-12,16-17H2,1-2H3,(H,34,37). The Kier molecular flexibility index (Phi) is 9.46. The third kappa shape index (κ3) is 7.85. The largest absolute Gasteiger partial charge is 0.416 e. The van der Waals surface area contributed by atoms with Gasteiger partial charge in [-0.3, -0.25) is 4.90 Å². The molecule has 1 aliphatic rings. The highest BCUT2D eigenvalue weighted by atomic mass is 19.4. The number of hydrogen-bond donors (Lipinski definition) is 2. The molecule has 2 amide bonds. The van der Waals surface area contributed by atoms with Gasteiger partial charge in [-0.05, 0) is 55.8 Å². The van der Waals surface area contributed by atoms with E-state index in [0.29, 0.717) is 6.54 Å². The van der Waals surface area contributed by atoms with Crippen molar-refractivity contribution in [3.05, 3.63) is 70.8 Å². The summed E-state index contributed by atoms with van der Waals surface area (Å²) < 4.78 is 79.9. The highest BCUT2D eigenvalue weighted by molar-refractivity contribution is 5.75. The van der Waals surface area contributed by atoms with Gasteiger partial charge in [-0.25, -0.2) is 4.79 Å².